The molecular weight excluding hydrogens is 456 g/mol. The second kappa shape index (κ2) is 11.8. The molecule has 1 unspecified atom stereocenters. The molecule has 2 aromatic rings. The monoisotopic (exact) mass is 480 g/mol. The Kier molecular flexibility index (Phi) is 9.48. The number of ether oxygens (including phenoxy) is 1. The molecule has 7 heteroatoms. The third kappa shape index (κ3) is 7.05. The zero-order valence-corrected chi connectivity index (χ0v) is 19.0. The number of hydrogen-bond donors (Lipinski definition) is 1. The van der Waals surface area contributed by atoms with Gasteiger partial charge in [-0.1, -0.05) is 59.6 Å². The Morgan fingerprint density at radius 3 is 2.45 bits per heavy atom. The van der Waals surface area contributed by atoms with Crippen LogP contribution >= 0.6 is 27.5 Å². The second-order valence-corrected chi connectivity index (χ2v) is 7.89. The highest BCUT2D eigenvalue weighted by molar-refractivity contribution is 9.10. The Balaban J connectivity index is 2.19. The van der Waals surface area contributed by atoms with Gasteiger partial charge >= 0.3 is 0 Å². The first-order chi connectivity index (χ1) is 14.0. The summed E-state index contributed by atoms with van der Waals surface area (Å²) in [4.78, 5) is 27.3. The maximum atomic E-state index is 13.0. The van der Waals surface area contributed by atoms with Crippen molar-refractivity contribution in [3.63, 3.8) is 0 Å². The van der Waals surface area contributed by atoms with E-state index in [9.17, 15) is 9.59 Å². The Labute approximate surface area is 185 Å². The molecule has 0 aromatic heterocycles. The van der Waals surface area contributed by atoms with Gasteiger partial charge < -0.3 is 15.0 Å². The van der Waals surface area contributed by atoms with Crippen LogP contribution in [0.4, 0.5) is 0 Å². The van der Waals surface area contributed by atoms with Crippen LogP contribution in [0.25, 0.3) is 0 Å². The van der Waals surface area contributed by atoms with E-state index in [2.05, 4.69) is 21.2 Å². The molecule has 0 saturated carbocycles. The summed E-state index contributed by atoms with van der Waals surface area (Å²) in [5, 5.41) is 3.45. The molecule has 156 valence electrons. The minimum absolute atomic E-state index is 0.163. The van der Waals surface area contributed by atoms with E-state index in [1.165, 1.54) is 0 Å². The molecule has 0 aliphatic carbocycles. The van der Waals surface area contributed by atoms with E-state index in [-0.39, 0.29) is 25.0 Å². The van der Waals surface area contributed by atoms with Crippen molar-refractivity contribution < 1.29 is 14.3 Å². The van der Waals surface area contributed by atoms with Gasteiger partial charge in [-0.25, -0.2) is 0 Å². The summed E-state index contributed by atoms with van der Waals surface area (Å²) in [6.07, 6.45) is 1.32. The van der Waals surface area contributed by atoms with Gasteiger partial charge in [0, 0.05) is 22.6 Å². The van der Waals surface area contributed by atoms with Crippen LogP contribution in [0, 0.1) is 0 Å². The van der Waals surface area contributed by atoms with E-state index in [1.54, 1.807) is 23.1 Å². The highest BCUT2D eigenvalue weighted by Crippen LogP contribution is 2.20. The minimum Gasteiger partial charge on any atom is -0.484 e. The number of halogens is 2. The van der Waals surface area contributed by atoms with Crippen molar-refractivity contribution in [1.82, 2.24) is 10.2 Å². The largest absolute Gasteiger partial charge is 0.484 e. The van der Waals surface area contributed by atoms with Crippen molar-refractivity contribution in [2.45, 2.75) is 39.3 Å². The first-order valence-electron chi connectivity index (χ1n) is 9.65. The minimum atomic E-state index is -0.598. The first-order valence-corrected chi connectivity index (χ1v) is 10.8. The van der Waals surface area contributed by atoms with Crippen molar-refractivity contribution in [2.24, 2.45) is 0 Å². The number of rotatable bonds is 10. The van der Waals surface area contributed by atoms with Gasteiger partial charge in [-0.15, -0.1) is 0 Å². The smallest absolute Gasteiger partial charge is 0.261 e. The highest BCUT2D eigenvalue weighted by Gasteiger charge is 2.29. The zero-order chi connectivity index (χ0) is 21.2. The fourth-order valence-corrected chi connectivity index (χ4v) is 3.31. The lowest BCUT2D eigenvalue weighted by atomic mass is 10.1. The topological polar surface area (TPSA) is 58.6 Å². The normalized spacial score (nSPS) is 11.6. The van der Waals surface area contributed by atoms with Crippen LogP contribution in [-0.2, 0) is 16.1 Å². The Morgan fingerprint density at radius 2 is 1.83 bits per heavy atom. The summed E-state index contributed by atoms with van der Waals surface area (Å²) in [5.41, 5.74) is 0.785. The SMILES string of the molecule is CCCNC(=O)C(CC)N(Cc1ccccc1Cl)C(=O)COc1ccc(Br)cc1. The standard InChI is InChI=1S/C22H26BrClN2O3/c1-3-13-25-22(28)20(4-2)26(14-16-7-5-6-8-19(16)24)21(27)15-29-18-11-9-17(23)10-12-18/h5-12,20H,3-4,13-15H2,1-2H3,(H,25,28). The molecule has 2 rings (SSSR count). The molecule has 1 atom stereocenters. The first kappa shape index (κ1) is 23.2. The van der Waals surface area contributed by atoms with Crippen molar-refractivity contribution >= 4 is 39.3 Å². The number of carbonyl (C=O) groups excluding carboxylic acids is 2. The predicted molar refractivity (Wildman–Crippen MR) is 119 cm³/mol. The van der Waals surface area contributed by atoms with E-state index in [1.807, 2.05) is 44.2 Å². The van der Waals surface area contributed by atoms with Crippen molar-refractivity contribution in [3.8, 4) is 5.75 Å². The van der Waals surface area contributed by atoms with Crippen LogP contribution in [0.15, 0.2) is 53.0 Å². The number of nitrogens with zero attached hydrogens (tertiary/aromatic N) is 1. The quantitative estimate of drug-likeness (QED) is 0.529. The molecule has 2 aromatic carbocycles. The van der Waals surface area contributed by atoms with Crippen LogP contribution in [0.5, 0.6) is 5.75 Å². The molecule has 2 amide bonds. The van der Waals surface area contributed by atoms with Crippen LogP contribution < -0.4 is 10.1 Å². The van der Waals surface area contributed by atoms with Gasteiger partial charge in [-0.2, -0.15) is 0 Å². The van der Waals surface area contributed by atoms with Gasteiger partial charge in [-0.3, -0.25) is 9.59 Å². The predicted octanol–water partition coefficient (Wildman–Crippen LogP) is 4.81. The van der Waals surface area contributed by atoms with Gasteiger partial charge in [0.05, 0.1) is 0 Å². The summed E-state index contributed by atoms with van der Waals surface area (Å²) in [6.45, 7) is 4.52. The number of nitrogens with one attached hydrogen (secondary N) is 1. The van der Waals surface area contributed by atoms with E-state index in [0.717, 1.165) is 16.5 Å². The van der Waals surface area contributed by atoms with E-state index in [0.29, 0.717) is 23.7 Å². The average Bonchev–Trinajstić information content (AvgIpc) is 2.72. The molecule has 0 saturated heterocycles. The van der Waals surface area contributed by atoms with E-state index >= 15 is 0 Å². The lowest BCUT2D eigenvalue weighted by molar-refractivity contribution is -0.143. The third-order valence-electron chi connectivity index (χ3n) is 4.41. The fraction of sp³-hybridized carbons (Fsp3) is 0.364. The summed E-state index contributed by atoms with van der Waals surface area (Å²) >= 11 is 9.67. The van der Waals surface area contributed by atoms with Crippen molar-refractivity contribution in [2.75, 3.05) is 13.2 Å². The summed E-state index contributed by atoms with van der Waals surface area (Å²) in [5.74, 6) is 0.146. The summed E-state index contributed by atoms with van der Waals surface area (Å²) < 4.78 is 6.58. The lowest BCUT2D eigenvalue weighted by Gasteiger charge is -2.30. The maximum absolute atomic E-state index is 13.0. The molecule has 0 heterocycles. The fourth-order valence-electron chi connectivity index (χ4n) is 2.85. The number of hydrogen-bond acceptors (Lipinski definition) is 3. The number of benzene rings is 2. The van der Waals surface area contributed by atoms with Gasteiger partial charge in [-0.05, 0) is 48.7 Å². The van der Waals surface area contributed by atoms with Crippen LogP contribution in [0.2, 0.25) is 5.02 Å². The van der Waals surface area contributed by atoms with Crippen LogP contribution in [-0.4, -0.2) is 35.9 Å². The Bertz CT molecular complexity index is 814. The zero-order valence-electron chi connectivity index (χ0n) is 16.7. The number of amides is 2. The summed E-state index contributed by atoms with van der Waals surface area (Å²) in [6, 6.07) is 14.0. The van der Waals surface area contributed by atoms with Crippen molar-refractivity contribution in [1.29, 1.82) is 0 Å². The average molecular weight is 482 g/mol. The van der Waals surface area contributed by atoms with Gasteiger partial charge in [0.1, 0.15) is 11.8 Å². The van der Waals surface area contributed by atoms with E-state index < -0.39 is 6.04 Å². The molecule has 0 spiro atoms. The molecule has 5 nitrogen and oxygen atoms in total. The molecule has 0 fully saturated rings. The number of carbonyl (C=O) groups is 2. The van der Waals surface area contributed by atoms with Crippen molar-refractivity contribution in [3.05, 3.63) is 63.6 Å². The second-order valence-electron chi connectivity index (χ2n) is 6.57. The maximum Gasteiger partial charge on any atom is 0.261 e. The molecule has 0 bridgehead atoms. The molecule has 0 aliphatic heterocycles. The molecule has 0 radical (unpaired) electrons. The van der Waals surface area contributed by atoms with Crippen LogP contribution in [0.3, 0.4) is 0 Å². The summed E-state index contributed by atoms with van der Waals surface area (Å²) in [7, 11) is 0. The Hall–Kier alpha value is -2.05. The van der Waals surface area contributed by atoms with E-state index in [4.69, 9.17) is 16.3 Å². The van der Waals surface area contributed by atoms with Crippen LogP contribution in [0.1, 0.15) is 32.3 Å². The third-order valence-corrected chi connectivity index (χ3v) is 5.31. The van der Waals surface area contributed by atoms with Gasteiger partial charge in [0.15, 0.2) is 6.61 Å². The molecule has 29 heavy (non-hydrogen) atoms. The Morgan fingerprint density at radius 1 is 1.14 bits per heavy atom. The highest BCUT2D eigenvalue weighted by atomic mass is 79.9. The van der Waals surface area contributed by atoms with Gasteiger partial charge in [0.25, 0.3) is 5.91 Å². The molecular formula is C22H26BrClN2O3. The van der Waals surface area contributed by atoms with Gasteiger partial charge in [0.2, 0.25) is 5.91 Å². The molecule has 1 N–H and O–H groups in total. The lowest BCUT2D eigenvalue weighted by Crippen LogP contribution is -2.50. The molecule has 0 aliphatic rings.